The number of aliphatic hydroxyl groups is 2. The van der Waals surface area contributed by atoms with E-state index >= 15 is 0 Å². The minimum atomic E-state index is -0.500. The van der Waals surface area contributed by atoms with Gasteiger partial charge >= 0.3 is 29.6 Å². The van der Waals surface area contributed by atoms with Crippen molar-refractivity contribution in [2.75, 3.05) is 21.2 Å². The fourth-order valence-corrected chi connectivity index (χ4v) is 2.42. The Hall–Kier alpha value is -0.630. The molecular weight excluding hydrogens is 391 g/mol. The molecule has 0 aliphatic carbocycles. The molecule has 0 bridgehead atoms. The molecule has 0 aromatic heterocycles. The Kier molecular flexibility index (Phi) is 17.2. The van der Waals surface area contributed by atoms with Crippen LogP contribution in [0.25, 0.3) is 0 Å². The predicted octanol–water partition coefficient (Wildman–Crippen LogP) is -0.350. The van der Waals surface area contributed by atoms with Gasteiger partial charge in [0.05, 0.1) is 11.6 Å². The standard InChI is InChI=1S/C18H30N2O2.C4H10O.CH4O.Na/c1-12(2)15(17(22)20(6)7)19-11-13-9-8-10-14(16(13)21)18(3,4)5;1-4(2,3)5;1-2;/h8-10,12,15,19,21H,11H2,1-7H3;5H,1-3H3;2H,1H3;/q;;;+1/p-1/t15-;;;/m0.../s1. The Labute approximate surface area is 206 Å². The van der Waals surface area contributed by atoms with Crippen LogP contribution in [-0.2, 0) is 16.8 Å². The summed E-state index contributed by atoms with van der Waals surface area (Å²) in [6.45, 7) is 15.7. The van der Waals surface area contributed by atoms with E-state index in [1.54, 1.807) is 39.8 Å². The van der Waals surface area contributed by atoms with Crippen LogP contribution in [0, 0.1) is 5.92 Å². The van der Waals surface area contributed by atoms with Gasteiger partial charge in [0.15, 0.2) is 0 Å². The smallest absolute Gasteiger partial charge is 0.872 e. The van der Waals surface area contributed by atoms with Crippen LogP contribution < -0.4 is 40.0 Å². The number of likely N-dealkylation sites (N-methyl/N-ethyl adjacent to an activating group) is 1. The maximum Gasteiger partial charge on any atom is 1.00 e. The molecule has 170 valence electrons. The molecule has 0 heterocycles. The van der Waals surface area contributed by atoms with Gasteiger partial charge in [-0.15, -0.1) is 5.75 Å². The summed E-state index contributed by atoms with van der Waals surface area (Å²) in [5, 5.41) is 31.3. The van der Waals surface area contributed by atoms with Gasteiger partial charge < -0.3 is 25.5 Å². The van der Waals surface area contributed by atoms with Crippen molar-refractivity contribution in [2.24, 2.45) is 5.92 Å². The van der Waals surface area contributed by atoms with Gasteiger partial charge in [-0.25, -0.2) is 0 Å². The number of carbonyl (C=O) groups excluding carboxylic acids is 1. The topological polar surface area (TPSA) is 95.9 Å². The van der Waals surface area contributed by atoms with E-state index in [1.165, 1.54) is 0 Å². The molecule has 0 fully saturated rings. The molecular formula is C23H43N2NaO4. The van der Waals surface area contributed by atoms with Crippen LogP contribution in [0.3, 0.4) is 0 Å². The Balaban J connectivity index is -0.000000795. The van der Waals surface area contributed by atoms with Crippen LogP contribution in [0.15, 0.2) is 18.2 Å². The van der Waals surface area contributed by atoms with Crippen molar-refractivity contribution in [3.05, 3.63) is 29.3 Å². The SMILES string of the molecule is CC(C)(C)O.CC(C)[C@H](NCc1cccc(C(C)(C)C)c1[O-])C(=O)N(C)C.CO.[Na+]. The molecule has 0 aliphatic rings. The van der Waals surface area contributed by atoms with Crippen LogP contribution >= 0.6 is 0 Å². The Bertz CT molecular complexity index is 600. The van der Waals surface area contributed by atoms with Gasteiger partial charge in [0.1, 0.15) is 0 Å². The Morgan fingerprint density at radius 3 is 1.87 bits per heavy atom. The van der Waals surface area contributed by atoms with Crippen LogP contribution in [0.2, 0.25) is 0 Å². The molecule has 30 heavy (non-hydrogen) atoms. The quantitative estimate of drug-likeness (QED) is 0.551. The maximum absolute atomic E-state index is 12.6. The van der Waals surface area contributed by atoms with E-state index in [-0.39, 0.29) is 58.6 Å². The molecule has 0 aliphatic heterocycles. The number of nitrogens with zero attached hydrogens (tertiary/aromatic N) is 1. The van der Waals surface area contributed by atoms with Crippen molar-refractivity contribution >= 4 is 5.91 Å². The molecule has 1 aromatic rings. The minimum Gasteiger partial charge on any atom is -0.872 e. The third kappa shape index (κ3) is 14.4. The largest absolute Gasteiger partial charge is 1.00 e. The zero-order chi connectivity index (χ0) is 23.6. The fraction of sp³-hybridized carbons (Fsp3) is 0.696. The average molecular weight is 435 g/mol. The van der Waals surface area contributed by atoms with E-state index in [4.69, 9.17) is 10.2 Å². The van der Waals surface area contributed by atoms with Crippen molar-refractivity contribution in [3.8, 4) is 5.75 Å². The minimum absolute atomic E-state index is 0. The molecule has 0 saturated heterocycles. The second-order valence-corrected chi connectivity index (χ2v) is 9.55. The number of para-hydroxylation sites is 1. The van der Waals surface area contributed by atoms with Gasteiger partial charge in [0.2, 0.25) is 5.91 Å². The van der Waals surface area contributed by atoms with Gasteiger partial charge in [-0.3, -0.25) is 4.79 Å². The van der Waals surface area contributed by atoms with Crippen molar-refractivity contribution in [1.82, 2.24) is 10.2 Å². The van der Waals surface area contributed by atoms with Crippen molar-refractivity contribution in [3.63, 3.8) is 0 Å². The molecule has 1 atom stereocenters. The molecule has 1 aromatic carbocycles. The number of benzene rings is 1. The molecule has 0 spiro atoms. The van der Waals surface area contributed by atoms with E-state index in [0.29, 0.717) is 12.1 Å². The van der Waals surface area contributed by atoms with Crippen LogP contribution in [0.5, 0.6) is 5.75 Å². The third-order valence-corrected chi connectivity index (χ3v) is 3.79. The number of amides is 1. The first-order valence-corrected chi connectivity index (χ1v) is 9.96. The Morgan fingerprint density at radius 1 is 1.10 bits per heavy atom. The molecule has 0 saturated carbocycles. The summed E-state index contributed by atoms with van der Waals surface area (Å²) in [6, 6.07) is 5.35. The van der Waals surface area contributed by atoms with E-state index in [1.807, 2.05) is 52.8 Å². The fourth-order valence-electron chi connectivity index (χ4n) is 2.42. The summed E-state index contributed by atoms with van der Waals surface area (Å²) in [7, 11) is 4.50. The normalized spacial score (nSPS) is 11.9. The van der Waals surface area contributed by atoms with Gasteiger partial charge in [-0.1, -0.05) is 58.4 Å². The van der Waals surface area contributed by atoms with Gasteiger partial charge in [-0.05, 0) is 37.7 Å². The Morgan fingerprint density at radius 2 is 1.53 bits per heavy atom. The summed E-state index contributed by atoms with van der Waals surface area (Å²) in [5.74, 6) is 0.271. The van der Waals surface area contributed by atoms with Gasteiger partial charge in [0.25, 0.3) is 0 Å². The summed E-state index contributed by atoms with van der Waals surface area (Å²) < 4.78 is 0. The molecule has 0 unspecified atom stereocenters. The first-order chi connectivity index (χ1) is 13.1. The maximum atomic E-state index is 12.6. The summed E-state index contributed by atoms with van der Waals surface area (Å²) in [6.07, 6.45) is 0. The van der Waals surface area contributed by atoms with Crippen molar-refractivity contribution in [1.29, 1.82) is 0 Å². The van der Waals surface area contributed by atoms with Gasteiger partial charge in [-0.2, -0.15) is 0 Å². The summed E-state index contributed by atoms with van der Waals surface area (Å²) >= 11 is 0. The van der Waals surface area contributed by atoms with Gasteiger partial charge in [0, 0.05) is 27.7 Å². The van der Waals surface area contributed by atoms with E-state index in [0.717, 1.165) is 12.7 Å². The zero-order valence-corrected chi connectivity index (χ0v) is 23.3. The number of rotatable bonds is 5. The average Bonchev–Trinajstić information content (AvgIpc) is 2.55. The summed E-state index contributed by atoms with van der Waals surface area (Å²) in [4.78, 5) is 13.8. The summed E-state index contributed by atoms with van der Waals surface area (Å²) in [5.41, 5.74) is 0.848. The number of aliphatic hydroxyl groups excluding tert-OH is 1. The third-order valence-electron chi connectivity index (χ3n) is 3.79. The van der Waals surface area contributed by atoms with Crippen LogP contribution in [0.1, 0.15) is 66.5 Å². The predicted molar refractivity (Wildman–Crippen MR) is 119 cm³/mol. The second kappa shape index (κ2) is 15.2. The van der Waals surface area contributed by atoms with Crippen LogP contribution in [0.4, 0.5) is 0 Å². The second-order valence-electron chi connectivity index (χ2n) is 9.55. The molecule has 1 rings (SSSR count). The van der Waals surface area contributed by atoms with Crippen molar-refractivity contribution < 1.29 is 49.7 Å². The molecule has 6 nitrogen and oxygen atoms in total. The first-order valence-electron chi connectivity index (χ1n) is 9.96. The van der Waals surface area contributed by atoms with Crippen molar-refractivity contribution in [2.45, 2.75) is 79.0 Å². The van der Waals surface area contributed by atoms with Crippen LogP contribution in [-0.4, -0.2) is 53.9 Å². The number of hydrogen-bond acceptors (Lipinski definition) is 5. The first kappa shape index (κ1) is 34.0. The molecule has 0 radical (unpaired) electrons. The number of hydrogen-bond donors (Lipinski definition) is 3. The molecule has 1 amide bonds. The van der Waals surface area contributed by atoms with E-state index < -0.39 is 5.60 Å². The molecule has 3 N–H and O–H groups in total. The van der Waals surface area contributed by atoms with E-state index in [9.17, 15) is 9.90 Å². The van der Waals surface area contributed by atoms with E-state index in [2.05, 4.69) is 5.32 Å². The molecule has 7 heteroatoms. The number of nitrogens with one attached hydrogen (secondary N) is 1. The number of carbonyl (C=O) groups is 1. The zero-order valence-electron chi connectivity index (χ0n) is 21.3. The monoisotopic (exact) mass is 434 g/mol.